The molecule has 0 radical (unpaired) electrons. The van der Waals surface area contributed by atoms with E-state index in [4.69, 9.17) is 9.47 Å². The fourth-order valence-electron chi connectivity index (χ4n) is 1.26. The van der Waals surface area contributed by atoms with Crippen LogP contribution in [0.2, 0.25) is 0 Å². The van der Waals surface area contributed by atoms with Crippen LogP contribution in [0.4, 0.5) is 0 Å². The molecule has 1 aliphatic heterocycles. The molecule has 0 N–H and O–H groups in total. The van der Waals surface area contributed by atoms with Crippen LogP contribution in [0.15, 0.2) is 41.9 Å². The Hall–Kier alpha value is -1.44. The summed E-state index contributed by atoms with van der Waals surface area (Å²) in [5.41, 5.74) is 1.05. The first-order chi connectivity index (χ1) is 6.27. The first kappa shape index (κ1) is 8.17. The highest BCUT2D eigenvalue weighted by molar-refractivity contribution is 5.18. The lowest BCUT2D eigenvalue weighted by molar-refractivity contribution is -0.0405. The summed E-state index contributed by atoms with van der Waals surface area (Å²) in [5.74, 6) is 1.74. The summed E-state index contributed by atoms with van der Waals surface area (Å²) in [6.45, 7) is 3.83. The average Bonchev–Trinajstić information content (AvgIpc) is 2.49. The summed E-state index contributed by atoms with van der Waals surface area (Å²) in [5, 5.41) is 0. The molecule has 1 heterocycles. The van der Waals surface area contributed by atoms with Gasteiger partial charge in [0.15, 0.2) is 0 Å². The minimum atomic E-state index is -0.249. The fraction of sp³-hybridized carbons (Fsp3) is 0.273. The Morgan fingerprint density at radius 1 is 0.923 bits per heavy atom. The molecule has 2 rings (SSSR count). The molecule has 2 nitrogen and oxygen atoms in total. The highest BCUT2D eigenvalue weighted by atomic mass is 16.7. The molecule has 0 atom stereocenters. The Bertz CT molecular complexity index is 313. The maximum Gasteiger partial charge on any atom is 0.267 e. The van der Waals surface area contributed by atoms with Gasteiger partial charge in [-0.15, -0.1) is 0 Å². The molecule has 68 valence electrons. The van der Waals surface area contributed by atoms with Gasteiger partial charge >= 0.3 is 0 Å². The Labute approximate surface area is 77.8 Å². The second-order valence-electron chi connectivity index (χ2n) is 3.09. The van der Waals surface area contributed by atoms with Gasteiger partial charge in [0.1, 0.15) is 11.5 Å². The molecule has 0 bridgehead atoms. The summed E-state index contributed by atoms with van der Waals surface area (Å²) in [6, 6.07) is 9.93. The van der Waals surface area contributed by atoms with Gasteiger partial charge < -0.3 is 9.47 Å². The highest BCUT2D eigenvalue weighted by Crippen LogP contribution is 2.31. The number of hydrogen-bond acceptors (Lipinski definition) is 2. The van der Waals surface area contributed by atoms with Gasteiger partial charge in [0.05, 0.1) is 0 Å². The van der Waals surface area contributed by atoms with Crippen molar-refractivity contribution < 1.29 is 9.47 Å². The van der Waals surface area contributed by atoms with Crippen LogP contribution in [0.1, 0.15) is 25.7 Å². The number of ether oxygens (including phenoxy) is 2. The van der Waals surface area contributed by atoms with Crippen molar-refractivity contribution in [3.05, 3.63) is 47.4 Å². The van der Waals surface area contributed by atoms with Crippen LogP contribution in [0, 0.1) is 0 Å². The van der Waals surface area contributed by atoms with Gasteiger partial charge in [-0.3, -0.25) is 0 Å². The molecule has 0 amide bonds. The van der Waals surface area contributed by atoms with Gasteiger partial charge in [-0.2, -0.15) is 0 Å². The second kappa shape index (κ2) is 3.13. The third kappa shape index (κ3) is 1.52. The lowest BCUT2D eigenvalue weighted by atomic mass is 10.2. The predicted molar refractivity (Wildman–Crippen MR) is 49.7 cm³/mol. The van der Waals surface area contributed by atoms with Crippen molar-refractivity contribution in [3.8, 4) is 0 Å². The molecule has 1 aliphatic rings. The maximum atomic E-state index is 5.52. The predicted octanol–water partition coefficient (Wildman–Crippen LogP) is 2.98. The third-order valence-electron chi connectivity index (χ3n) is 2.14. The summed E-state index contributed by atoms with van der Waals surface area (Å²) in [6.07, 6.45) is -0.249. The Morgan fingerprint density at radius 3 is 2.00 bits per heavy atom. The van der Waals surface area contributed by atoms with Crippen molar-refractivity contribution >= 4 is 0 Å². The van der Waals surface area contributed by atoms with E-state index in [1.54, 1.807) is 0 Å². The van der Waals surface area contributed by atoms with Crippen LogP contribution in [0.5, 0.6) is 0 Å². The molecule has 0 saturated carbocycles. The van der Waals surface area contributed by atoms with E-state index < -0.39 is 0 Å². The van der Waals surface area contributed by atoms with Crippen LogP contribution >= 0.6 is 0 Å². The van der Waals surface area contributed by atoms with Crippen LogP contribution in [0.25, 0.3) is 0 Å². The van der Waals surface area contributed by atoms with Crippen molar-refractivity contribution in [2.24, 2.45) is 0 Å². The zero-order valence-corrected chi connectivity index (χ0v) is 7.78. The van der Waals surface area contributed by atoms with Crippen molar-refractivity contribution in [2.75, 3.05) is 0 Å². The van der Waals surface area contributed by atoms with Crippen LogP contribution in [-0.4, -0.2) is 0 Å². The normalized spacial score (nSPS) is 17.1. The third-order valence-corrected chi connectivity index (χ3v) is 2.14. The van der Waals surface area contributed by atoms with Crippen molar-refractivity contribution in [2.45, 2.75) is 20.1 Å². The van der Waals surface area contributed by atoms with Crippen LogP contribution in [0.3, 0.4) is 0 Å². The molecule has 0 aliphatic carbocycles. The van der Waals surface area contributed by atoms with Gasteiger partial charge in [0.25, 0.3) is 6.29 Å². The lowest BCUT2D eigenvalue weighted by Gasteiger charge is -2.11. The molecular weight excluding hydrogens is 164 g/mol. The Kier molecular flexibility index (Phi) is 1.97. The summed E-state index contributed by atoms with van der Waals surface area (Å²) < 4.78 is 11.0. The average molecular weight is 176 g/mol. The molecule has 1 aromatic carbocycles. The van der Waals surface area contributed by atoms with E-state index in [1.807, 2.05) is 44.2 Å². The van der Waals surface area contributed by atoms with Crippen molar-refractivity contribution in [3.63, 3.8) is 0 Å². The zero-order valence-electron chi connectivity index (χ0n) is 7.78. The maximum absolute atomic E-state index is 5.52. The molecule has 0 fully saturated rings. The summed E-state index contributed by atoms with van der Waals surface area (Å²) in [4.78, 5) is 0. The highest BCUT2D eigenvalue weighted by Gasteiger charge is 2.22. The molecule has 2 heteroatoms. The molecule has 0 saturated heterocycles. The van der Waals surface area contributed by atoms with E-state index in [-0.39, 0.29) is 6.29 Å². The van der Waals surface area contributed by atoms with E-state index in [9.17, 15) is 0 Å². The van der Waals surface area contributed by atoms with Gasteiger partial charge in [-0.1, -0.05) is 30.3 Å². The van der Waals surface area contributed by atoms with E-state index >= 15 is 0 Å². The standard InChI is InChI=1S/C11H12O2/c1-8-9(2)13-11(12-8)10-6-4-3-5-7-10/h3-7,11H,1-2H3. The molecular formula is C11H12O2. The van der Waals surface area contributed by atoms with Crippen LogP contribution in [-0.2, 0) is 9.47 Å². The zero-order chi connectivity index (χ0) is 9.26. The minimum Gasteiger partial charge on any atom is -0.452 e. The number of rotatable bonds is 1. The van der Waals surface area contributed by atoms with E-state index in [0.29, 0.717) is 0 Å². The molecule has 1 aromatic rings. The second-order valence-corrected chi connectivity index (χ2v) is 3.09. The smallest absolute Gasteiger partial charge is 0.267 e. The molecule has 0 spiro atoms. The first-order valence-electron chi connectivity index (χ1n) is 4.33. The molecule has 0 unspecified atom stereocenters. The first-order valence-corrected chi connectivity index (χ1v) is 4.33. The largest absolute Gasteiger partial charge is 0.452 e. The molecule has 13 heavy (non-hydrogen) atoms. The number of benzene rings is 1. The summed E-state index contributed by atoms with van der Waals surface area (Å²) >= 11 is 0. The quantitative estimate of drug-likeness (QED) is 0.654. The molecule has 0 aromatic heterocycles. The van der Waals surface area contributed by atoms with E-state index in [2.05, 4.69) is 0 Å². The van der Waals surface area contributed by atoms with Gasteiger partial charge in [0.2, 0.25) is 0 Å². The number of hydrogen-bond donors (Lipinski definition) is 0. The van der Waals surface area contributed by atoms with Crippen molar-refractivity contribution in [1.82, 2.24) is 0 Å². The fourth-order valence-corrected chi connectivity index (χ4v) is 1.26. The summed E-state index contributed by atoms with van der Waals surface area (Å²) in [7, 11) is 0. The van der Waals surface area contributed by atoms with E-state index in [1.165, 1.54) is 0 Å². The minimum absolute atomic E-state index is 0.249. The van der Waals surface area contributed by atoms with Gasteiger partial charge in [-0.05, 0) is 13.8 Å². The van der Waals surface area contributed by atoms with Crippen molar-refractivity contribution in [1.29, 1.82) is 0 Å². The SMILES string of the molecule is CC1=C(C)OC(c2ccccc2)O1. The Morgan fingerprint density at radius 2 is 1.46 bits per heavy atom. The Balaban J connectivity index is 2.16. The van der Waals surface area contributed by atoms with Crippen LogP contribution < -0.4 is 0 Å². The van der Waals surface area contributed by atoms with Gasteiger partial charge in [0, 0.05) is 5.56 Å². The monoisotopic (exact) mass is 176 g/mol. The van der Waals surface area contributed by atoms with Gasteiger partial charge in [-0.25, -0.2) is 0 Å². The van der Waals surface area contributed by atoms with E-state index in [0.717, 1.165) is 17.1 Å². The number of allylic oxidation sites excluding steroid dienone is 2. The lowest BCUT2D eigenvalue weighted by Crippen LogP contribution is -1.98. The topological polar surface area (TPSA) is 18.5 Å².